The first kappa shape index (κ1) is 97.6. The van der Waals surface area contributed by atoms with E-state index in [4.69, 9.17) is 104 Å². The molecule has 9 aromatic rings. The largest absolute Gasteiger partial charge is 0.479 e. The standard InChI is InChI=1S/C31H34ClN5O7.C28H34O9.C25H24ClN5O8.C5H4ClN5/c1-5-41-28(40)31(18(2)38,15-21-9-7-6-8-10-21)42-16-22-30(4,14-13-20-11-12-20)24(43-19(3)39)27(44-22)37-17-34-23-25(33)35-29(32)36-26(23)37;1-6-33-26(32)28(18(2)29,16-22-10-8-7-9-11-22)34-17-23-27(5,15-14-21-12-13-21)24(35-19(3)30)25(37-23)36-20(4)31;26-23-29-18(27)16-19(30-23)31(12-28-16)20-17(32)24(37,9-8-13-6-7-13)15(39-20)11-38-25(21(33)34,22(35)36)10-14-4-2-1-3-5-14;6-5-10-3(7)2-4(11-5)9-1-8-2/h6-10,17,20,22,24,27H,5,11-12,15-16H2,1-4H3,(H2,33,35,36);7-11,21,23-25H,6,12-13,16-17H2,1-5H3;1-5,12-13,15,17,20,32,37H,6-7,10-11H2,(H,33,34)(H,35,36)(H2,27,29,30);1H,(H3,7,8,9,10,11)/t22-,24+,27-,30+,31?;23-,24+,25?,27+,28?;15-,17+,20-,24-;/m111./s1. The van der Waals surface area contributed by atoms with Gasteiger partial charge in [-0.1, -0.05) is 127 Å². The second-order valence-electron chi connectivity index (χ2n) is 32.1. The molecule has 42 heteroatoms. The highest BCUT2D eigenvalue weighted by Gasteiger charge is 2.62. The van der Waals surface area contributed by atoms with Crippen LogP contribution in [0.1, 0.15) is 130 Å². The third-order valence-corrected chi connectivity index (χ3v) is 22.9. The number of hydrogen-bond acceptors (Lipinski definition) is 34. The maximum absolute atomic E-state index is 13.4. The fraction of sp³-hybridized carbons (Fsp3) is 0.461. The van der Waals surface area contributed by atoms with Crippen LogP contribution in [0.3, 0.4) is 0 Å². The Kier molecular flexibility index (Phi) is 30.8. The van der Waals surface area contributed by atoms with Crippen molar-refractivity contribution < 1.29 is 116 Å². The number of aliphatic hydroxyl groups excluding tert-OH is 1. The fourth-order valence-electron chi connectivity index (χ4n) is 14.7. The lowest BCUT2D eigenvalue weighted by atomic mass is 9.80. The summed E-state index contributed by atoms with van der Waals surface area (Å²) in [6.45, 7) is 12.0. The number of anilines is 3. The Morgan fingerprint density at radius 1 is 0.504 bits per heavy atom. The van der Waals surface area contributed by atoms with Crippen LogP contribution in [0.2, 0.25) is 15.9 Å². The molecule has 9 heterocycles. The van der Waals surface area contributed by atoms with Gasteiger partial charge in [0.25, 0.3) is 5.60 Å². The Hall–Kier alpha value is -12.4. The molecule has 39 nitrogen and oxygen atoms in total. The van der Waals surface area contributed by atoms with E-state index in [1.54, 1.807) is 99.0 Å². The number of rotatable bonds is 28. The lowest BCUT2D eigenvalue weighted by Gasteiger charge is -2.33. The normalized spacial score (nSPS) is 23.8. The molecule has 0 bridgehead atoms. The van der Waals surface area contributed by atoms with E-state index in [0.29, 0.717) is 33.7 Å². The monoisotopic (exact) mass is 1860 g/mol. The van der Waals surface area contributed by atoms with Crippen molar-refractivity contribution in [3.63, 3.8) is 0 Å². The van der Waals surface area contributed by atoms with Crippen LogP contribution in [-0.2, 0) is 115 Å². The van der Waals surface area contributed by atoms with Crippen LogP contribution in [0.4, 0.5) is 17.5 Å². The smallest absolute Gasteiger partial charge is 0.348 e. The number of esters is 5. The highest BCUT2D eigenvalue weighted by molar-refractivity contribution is 6.29. The minimum atomic E-state index is -2.71. The molecule has 0 amide bonds. The number of nitrogens with one attached hydrogen (secondary N) is 1. The molecule has 3 unspecified atom stereocenters. The molecule has 6 aromatic heterocycles. The van der Waals surface area contributed by atoms with Crippen molar-refractivity contribution in [2.45, 2.75) is 198 Å². The van der Waals surface area contributed by atoms with Gasteiger partial charge in [0, 0.05) is 57.8 Å². The molecule has 3 saturated heterocycles. The van der Waals surface area contributed by atoms with Gasteiger partial charge in [-0.3, -0.25) is 33.1 Å². The zero-order valence-corrected chi connectivity index (χ0v) is 74.7. The van der Waals surface area contributed by atoms with Crippen LogP contribution in [0.15, 0.2) is 110 Å². The third kappa shape index (κ3) is 22.3. The molecule has 14 atom stereocenters. The number of carbonyl (C=O) groups is 9. The van der Waals surface area contributed by atoms with Crippen LogP contribution >= 0.6 is 34.8 Å². The summed E-state index contributed by atoms with van der Waals surface area (Å²) < 4.78 is 66.6. The molecule has 0 spiro atoms. The number of carbonyl (C=O) groups excluding carboxylic acids is 7. The van der Waals surface area contributed by atoms with Gasteiger partial charge in [0.15, 0.2) is 76.2 Å². The van der Waals surface area contributed by atoms with E-state index in [0.717, 1.165) is 38.5 Å². The minimum absolute atomic E-state index is 0.0199. The van der Waals surface area contributed by atoms with Crippen LogP contribution in [0, 0.1) is 64.1 Å². The van der Waals surface area contributed by atoms with Crippen molar-refractivity contribution in [2.75, 3.05) is 50.2 Å². The topological polar surface area (TPSA) is 556 Å². The number of fused-ring (bicyclic) bond motifs is 3. The molecule has 131 heavy (non-hydrogen) atoms. The third-order valence-electron chi connectivity index (χ3n) is 22.4. The Morgan fingerprint density at radius 3 is 1.31 bits per heavy atom. The molecule has 3 aliphatic heterocycles. The predicted octanol–water partition coefficient (Wildman–Crippen LogP) is 7.46. The van der Waals surface area contributed by atoms with Crippen LogP contribution in [0.5, 0.6) is 0 Å². The first-order valence-corrected chi connectivity index (χ1v) is 42.7. The minimum Gasteiger partial charge on any atom is -0.479 e. The molecule has 3 saturated carbocycles. The van der Waals surface area contributed by atoms with E-state index in [-0.39, 0.29) is 107 Å². The van der Waals surface area contributed by atoms with Gasteiger partial charge in [-0.2, -0.15) is 29.9 Å². The number of ether oxygens (including phenoxy) is 11. The van der Waals surface area contributed by atoms with Crippen molar-refractivity contribution in [1.29, 1.82) is 0 Å². The number of Topliss-reactive ketones (excluding diaryl/α,β-unsaturated/α-hetero) is 2. The molecule has 0 radical (unpaired) electrons. The average Bonchev–Trinajstić information content (AvgIpc) is 1.59. The summed E-state index contributed by atoms with van der Waals surface area (Å²) >= 11 is 17.6. The molecule has 6 fully saturated rings. The van der Waals surface area contributed by atoms with E-state index in [1.807, 2.05) is 24.3 Å². The number of hydrogen-bond donors (Lipinski definition) is 8. The number of nitrogens with zero attached hydrogens (tertiary/aromatic N) is 11. The lowest BCUT2D eigenvalue weighted by Crippen LogP contribution is -2.55. The van der Waals surface area contributed by atoms with Crippen molar-refractivity contribution in [2.24, 2.45) is 28.6 Å². The van der Waals surface area contributed by atoms with Crippen LogP contribution < -0.4 is 17.2 Å². The maximum atomic E-state index is 13.4. The molecule has 692 valence electrons. The van der Waals surface area contributed by atoms with Gasteiger partial charge in [0.05, 0.1) is 57.4 Å². The first-order chi connectivity index (χ1) is 62.3. The predicted molar refractivity (Wildman–Crippen MR) is 465 cm³/mol. The van der Waals surface area contributed by atoms with E-state index in [1.165, 1.54) is 58.2 Å². The van der Waals surface area contributed by atoms with Gasteiger partial charge in [0.1, 0.15) is 46.4 Å². The zero-order valence-electron chi connectivity index (χ0n) is 72.5. The Labute approximate surface area is 764 Å². The molecular weight excluding hydrogens is 1770 g/mol. The summed E-state index contributed by atoms with van der Waals surface area (Å²) in [5.74, 6) is 11.3. The lowest BCUT2D eigenvalue weighted by molar-refractivity contribution is -0.201. The SMILES string of the molecule is CCOC(=O)C(Cc1ccccc1)(OC[C@H]1OC(OC(C)=O)[C@H](OC(C)=O)[C@@]1(C)C#CC1CC1)C(C)=O.CCOC(=O)C(Cc1ccccc1)(OC[C@H]1O[C@@H](n2cnc3c(N)nc(Cl)nc32)[C@H](OC(C)=O)[C@@]1(C)C#CC1CC1)C(C)=O.Nc1nc(Cl)nc2c1ncn2[C@@H]1O[C@H](COC(Cc2ccccc2)(C(=O)O)C(=O)O)[C@](O)(C#CC2CC2)[C@H]1O.Nc1nc(Cl)nc2nc[nH]c12. The highest BCUT2D eigenvalue weighted by atomic mass is 35.5. The summed E-state index contributed by atoms with van der Waals surface area (Å²) in [7, 11) is 0. The van der Waals surface area contributed by atoms with Gasteiger partial charge >= 0.3 is 41.8 Å². The highest BCUT2D eigenvalue weighted by Crippen LogP contribution is 2.49. The number of aromatic amines is 1. The average molecular weight is 1870 g/mol. The number of benzene rings is 3. The summed E-state index contributed by atoms with van der Waals surface area (Å²) in [4.78, 5) is 152. The number of nitrogen functional groups attached to an aromatic ring is 3. The summed E-state index contributed by atoms with van der Waals surface area (Å²) in [6, 6.07) is 26.1. The fourth-order valence-corrected chi connectivity index (χ4v) is 15.2. The molecule has 11 N–H and O–H groups in total. The number of H-pyrrole nitrogens is 1. The summed E-state index contributed by atoms with van der Waals surface area (Å²) in [6.07, 6.45) is -1.51. The van der Waals surface area contributed by atoms with Crippen LogP contribution in [0.25, 0.3) is 33.5 Å². The Balaban J connectivity index is 0.000000168. The quantitative estimate of drug-likeness (QED) is 0.00775. The molecule has 15 rings (SSSR count). The molecule has 6 aliphatic rings. The number of carboxylic acid groups (broad SMARTS) is 2. The number of nitrogens with two attached hydrogens (primary N) is 3. The Morgan fingerprint density at radius 2 is 0.885 bits per heavy atom. The number of carboxylic acids is 2. The zero-order chi connectivity index (χ0) is 94.7. The number of aliphatic carboxylic acids is 2. The van der Waals surface area contributed by atoms with Crippen molar-refractivity contribution in [3.8, 4) is 35.5 Å². The van der Waals surface area contributed by atoms with Crippen molar-refractivity contribution in [1.82, 2.24) is 59.0 Å². The number of aliphatic hydroxyl groups is 2. The second-order valence-corrected chi connectivity index (χ2v) is 33.1. The second kappa shape index (κ2) is 41.3. The summed E-state index contributed by atoms with van der Waals surface area (Å²) in [5.41, 5.74) is 9.94. The number of halogens is 3. The van der Waals surface area contributed by atoms with Crippen LogP contribution in [-0.4, -0.2) is 231 Å². The van der Waals surface area contributed by atoms with Gasteiger partial charge in [-0.05, 0) is 132 Å². The number of aromatic nitrogens is 12. The van der Waals surface area contributed by atoms with Crippen molar-refractivity contribution >= 4 is 139 Å². The van der Waals surface area contributed by atoms with Gasteiger partial charge in [0.2, 0.25) is 33.3 Å². The van der Waals surface area contributed by atoms with E-state index >= 15 is 0 Å². The number of imidazole rings is 3. The molecule has 3 aromatic carbocycles. The Bertz CT molecular complexity index is 5940. The van der Waals surface area contributed by atoms with E-state index in [2.05, 4.69) is 85.4 Å². The maximum Gasteiger partial charge on any atom is 0.348 e. The van der Waals surface area contributed by atoms with Crippen molar-refractivity contribution in [3.05, 3.63) is 143 Å². The van der Waals surface area contributed by atoms with Gasteiger partial charge in [-0.15, -0.1) is 0 Å². The van der Waals surface area contributed by atoms with E-state index in [9.17, 15) is 63.6 Å². The van der Waals surface area contributed by atoms with Gasteiger partial charge < -0.3 is 94.7 Å². The summed E-state index contributed by atoms with van der Waals surface area (Å²) in [5, 5.41) is 42.5. The van der Waals surface area contributed by atoms with E-state index < -0.39 is 155 Å². The first-order valence-electron chi connectivity index (χ1n) is 41.6. The molecule has 3 aliphatic carbocycles. The number of ketones is 2. The van der Waals surface area contributed by atoms with Gasteiger partial charge in [-0.25, -0.2) is 34.1 Å². The molecular formula is C89H96Cl3N15O24.